The minimum atomic E-state index is 0.173. The Bertz CT molecular complexity index is 168. The molecule has 1 aliphatic heterocycles. The maximum Gasteiger partial charge on any atom is 0.220 e. The van der Waals surface area contributed by atoms with Crippen LogP contribution in [0.15, 0.2) is 0 Å². The van der Waals surface area contributed by atoms with Crippen LogP contribution in [0.1, 0.15) is 25.7 Å². The van der Waals surface area contributed by atoms with Gasteiger partial charge in [-0.15, -0.1) is 0 Å². The maximum atomic E-state index is 11.4. The maximum absolute atomic E-state index is 11.4. The van der Waals surface area contributed by atoms with Gasteiger partial charge >= 0.3 is 0 Å². The second kappa shape index (κ2) is 6.79. The Morgan fingerprint density at radius 1 is 1.43 bits per heavy atom. The van der Waals surface area contributed by atoms with E-state index in [1.165, 1.54) is 0 Å². The molecule has 1 heterocycles. The summed E-state index contributed by atoms with van der Waals surface area (Å²) in [6.45, 7) is 2.46. The Kier molecular flexibility index (Phi) is 5.56. The molecule has 0 unspecified atom stereocenters. The molecule has 4 nitrogen and oxygen atoms in total. The van der Waals surface area contributed by atoms with E-state index in [-0.39, 0.29) is 5.91 Å². The molecule has 1 saturated heterocycles. The van der Waals surface area contributed by atoms with Gasteiger partial charge in [0.2, 0.25) is 5.91 Å². The fourth-order valence-electron chi connectivity index (χ4n) is 1.57. The molecule has 0 radical (unpaired) electrons. The fourth-order valence-corrected chi connectivity index (χ4v) is 1.57. The summed E-state index contributed by atoms with van der Waals surface area (Å²) in [6.07, 6.45) is 3.44. The van der Waals surface area contributed by atoms with E-state index in [4.69, 9.17) is 4.74 Å². The highest BCUT2D eigenvalue weighted by molar-refractivity contribution is 5.76. The second-order valence-electron chi connectivity index (χ2n) is 3.66. The van der Waals surface area contributed by atoms with Crippen LogP contribution in [0.3, 0.4) is 0 Å². The van der Waals surface area contributed by atoms with E-state index >= 15 is 0 Å². The van der Waals surface area contributed by atoms with E-state index in [0.29, 0.717) is 12.5 Å². The van der Waals surface area contributed by atoms with Crippen LogP contribution in [0.2, 0.25) is 0 Å². The van der Waals surface area contributed by atoms with Gasteiger partial charge in [0.25, 0.3) is 0 Å². The summed E-state index contributed by atoms with van der Waals surface area (Å²) >= 11 is 0. The summed E-state index contributed by atoms with van der Waals surface area (Å²) in [4.78, 5) is 11.4. The number of hydrogen-bond acceptors (Lipinski definition) is 3. The van der Waals surface area contributed by atoms with E-state index in [1.807, 2.05) is 7.05 Å². The second-order valence-corrected chi connectivity index (χ2v) is 3.66. The number of carbonyl (C=O) groups excluding carboxylic acids is 1. The van der Waals surface area contributed by atoms with Gasteiger partial charge in [-0.05, 0) is 32.9 Å². The number of amides is 1. The molecule has 2 N–H and O–H groups in total. The zero-order valence-corrected chi connectivity index (χ0v) is 8.84. The highest BCUT2D eigenvalue weighted by Gasteiger charge is 2.15. The Morgan fingerprint density at radius 2 is 2.14 bits per heavy atom. The largest absolute Gasteiger partial charge is 0.381 e. The molecule has 0 aromatic heterocycles. The molecule has 0 aromatic rings. The van der Waals surface area contributed by atoms with Gasteiger partial charge in [0.15, 0.2) is 0 Å². The van der Waals surface area contributed by atoms with Gasteiger partial charge in [0.1, 0.15) is 0 Å². The minimum Gasteiger partial charge on any atom is -0.381 e. The lowest BCUT2D eigenvalue weighted by Crippen LogP contribution is -2.38. The quantitative estimate of drug-likeness (QED) is 0.627. The molecule has 0 aliphatic carbocycles. The zero-order chi connectivity index (χ0) is 10.2. The highest BCUT2D eigenvalue weighted by atomic mass is 16.5. The topological polar surface area (TPSA) is 50.4 Å². The van der Waals surface area contributed by atoms with Crippen LogP contribution in [0, 0.1) is 0 Å². The summed E-state index contributed by atoms with van der Waals surface area (Å²) in [5, 5.41) is 6.06. The van der Waals surface area contributed by atoms with Crippen molar-refractivity contribution >= 4 is 5.91 Å². The lowest BCUT2D eigenvalue weighted by atomic mass is 10.1. The molecule has 1 fully saturated rings. The van der Waals surface area contributed by atoms with Crippen molar-refractivity contribution < 1.29 is 9.53 Å². The summed E-state index contributed by atoms with van der Waals surface area (Å²) in [7, 11) is 1.90. The van der Waals surface area contributed by atoms with E-state index in [1.54, 1.807) is 0 Å². The van der Waals surface area contributed by atoms with Gasteiger partial charge in [-0.1, -0.05) is 0 Å². The lowest BCUT2D eigenvalue weighted by Gasteiger charge is -2.23. The fraction of sp³-hybridized carbons (Fsp3) is 0.900. The van der Waals surface area contributed by atoms with Crippen molar-refractivity contribution in [2.75, 3.05) is 26.8 Å². The third-order valence-corrected chi connectivity index (χ3v) is 2.42. The number of carbonyl (C=O) groups is 1. The Balaban J connectivity index is 2.06. The standard InChI is InChI=1S/C10H20N2O2/c1-11-6-2-3-10(13)12-9-4-7-14-8-5-9/h9,11H,2-8H2,1H3,(H,12,13). The predicted molar refractivity (Wildman–Crippen MR) is 55.1 cm³/mol. The molecule has 14 heavy (non-hydrogen) atoms. The first-order valence-electron chi connectivity index (χ1n) is 5.34. The predicted octanol–water partition coefficient (Wildman–Crippen LogP) is 0.281. The molecule has 0 aromatic carbocycles. The molecule has 0 saturated carbocycles. The van der Waals surface area contributed by atoms with Crippen LogP contribution in [0.25, 0.3) is 0 Å². The summed E-state index contributed by atoms with van der Waals surface area (Å²) in [5.74, 6) is 0.173. The summed E-state index contributed by atoms with van der Waals surface area (Å²) < 4.78 is 5.22. The number of rotatable bonds is 5. The van der Waals surface area contributed by atoms with Gasteiger partial charge in [0, 0.05) is 25.7 Å². The van der Waals surface area contributed by atoms with Crippen LogP contribution < -0.4 is 10.6 Å². The molecule has 1 aliphatic rings. The van der Waals surface area contributed by atoms with Crippen molar-refractivity contribution in [1.29, 1.82) is 0 Å². The van der Waals surface area contributed by atoms with Gasteiger partial charge in [-0.2, -0.15) is 0 Å². The van der Waals surface area contributed by atoms with Crippen LogP contribution >= 0.6 is 0 Å². The zero-order valence-electron chi connectivity index (χ0n) is 8.84. The average Bonchev–Trinajstić information content (AvgIpc) is 2.20. The number of hydrogen-bond donors (Lipinski definition) is 2. The van der Waals surface area contributed by atoms with Gasteiger partial charge in [-0.3, -0.25) is 4.79 Å². The van der Waals surface area contributed by atoms with Crippen LogP contribution in [0.5, 0.6) is 0 Å². The van der Waals surface area contributed by atoms with Gasteiger partial charge in [-0.25, -0.2) is 0 Å². The molecule has 4 heteroatoms. The highest BCUT2D eigenvalue weighted by Crippen LogP contribution is 2.06. The summed E-state index contributed by atoms with van der Waals surface area (Å²) in [5.41, 5.74) is 0. The Labute approximate surface area is 85.4 Å². The summed E-state index contributed by atoms with van der Waals surface area (Å²) in [6, 6.07) is 0.339. The van der Waals surface area contributed by atoms with Crippen molar-refractivity contribution in [2.24, 2.45) is 0 Å². The normalized spacial score (nSPS) is 18.1. The molecule has 0 atom stereocenters. The first-order chi connectivity index (χ1) is 6.83. The first kappa shape index (κ1) is 11.5. The van der Waals surface area contributed by atoms with Crippen LogP contribution in [0.4, 0.5) is 0 Å². The molecule has 0 spiro atoms. The lowest BCUT2D eigenvalue weighted by molar-refractivity contribution is -0.122. The molecule has 0 bridgehead atoms. The average molecular weight is 200 g/mol. The third-order valence-electron chi connectivity index (χ3n) is 2.42. The van der Waals surface area contributed by atoms with Gasteiger partial charge < -0.3 is 15.4 Å². The smallest absolute Gasteiger partial charge is 0.220 e. The Hall–Kier alpha value is -0.610. The van der Waals surface area contributed by atoms with E-state index < -0.39 is 0 Å². The number of ether oxygens (including phenoxy) is 1. The van der Waals surface area contributed by atoms with Crippen molar-refractivity contribution in [3.63, 3.8) is 0 Å². The molecule has 82 valence electrons. The first-order valence-corrected chi connectivity index (χ1v) is 5.34. The van der Waals surface area contributed by atoms with Crippen LogP contribution in [-0.2, 0) is 9.53 Å². The monoisotopic (exact) mass is 200 g/mol. The van der Waals surface area contributed by atoms with E-state index in [0.717, 1.165) is 39.0 Å². The van der Waals surface area contributed by atoms with Crippen LogP contribution in [-0.4, -0.2) is 38.8 Å². The van der Waals surface area contributed by atoms with Gasteiger partial charge in [0.05, 0.1) is 0 Å². The van der Waals surface area contributed by atoms with Crippen molar-refractivity contribution in [2.45, 2.75) is 31.7 Å². The Morgan fingerprint density at radius 3 is 2.79 bits per heavy atom. The van der Waals surface area contributed by atoms with E-state index in [2.05, 4.69) is 10.6 Å². The molecular formula is C10H20N2O2. The van der Waals surface area contributed by atoms with Crippen molar-refractivity contribution in [3.05, 3.63) is 0 Å². The molecule has 1 amide bonds. The SMILES string of the molecule is CNCCCC(=O)NC1CCOCC1. The molecule has 1 rings (SSSR count). The molecular weight excluding hydrogens is 180 g/mol. The van der Waals surface area contributed by atoms with E-state index in [9.17, 15) is 4.79 Å². The third kappa shape index (κ3) is 4.58. The minimum absolute atomic E-state index is 0.173. The van der Waals surface area contributed by atoms with Crippen molar-refractivity contribution in [1.82, 2.24) is 10.6 Å². The van der Waals surface area contributed by atoms with Crippen molar-refractivity contribution in [3.8, 4) is 0 Å². The number of nitrogens with one attached hydrogen (secondary N) is 2.